The highest BCUT2D eigenvalue weighted by Gasteiger charge is 2.44. The van der Waals surface area contributed by atoms with Gasteiger partial charge in [0.25, 0.3) is 0 Å². The number of aromatic nitrogens is 4. The largest absolute Gasteiger partial charge is 0.491 e. The summed E-state index contributed by atoms with van der Waals surface area (Å²) in [6.07, 6.45) is -2.93. The van der Waals surface area contributed by atoms with Crippen LogP contribution in [0.4, 0.5) is 5.82 Å². The molecule has 4 N–H and O–H groups in total. The van der Waals surface area contributed by atoms with Gasteiger partial charge in [0.15, 0.2) is 23.2 Å². The van der Waals surface area contributed by atoms with Crippen molar-refractivity contribution in [3.63, 3.8) is 0 Å². The minimum absolute atomic E-state index is 0.0969. The van der Waals surface area contributed by atoms with E-state index >= 15 is 0 Å². The number of nitrogens with one attached hydrogen (secondary N) is 1. The standard InChI is InChI=1S/C20H25N5O6/c1-11(9-30-12-6-4-3-5-7-12)22-17-14-18(24-20(23-17)29-2)25(10-21-14)19-16(28)15(27)13(8-26)31-19/h3-7,10-11,13,15-16,19,26-28H,8-9H2,1-2H3,(H,22,23,24)/t11?,13-,15?,16?,19-/m1/s1. The Kier molecular flexibility index (Phi) is 6.18. The van der Waals surface area contributed by atoms with Crippen molar-refractivity contribution in [1.29, 1.82) is 0 Å². The second-order valence-corrected chi connectivity index (χ2v) is 7.28. The molecule has 0 spiro atoms. The molecule has 3 heterocycles. The Morgan fingerprint density at radius 2 is 1.97 bits per heavy atom. The summed E-state index contributed by atoms with van der Waals surface area (Å²) >= 11 is 0. The van der Waals surface area contributed by atoms with E-state index < -0.39 is 31.1 Å². The smallest absolute Gasteiger partial charge is 0.320 e. The van der Waals surface area contributed by atoms with Crippen molar-refractivity contribution >= 4 is 17.0 Å². The highest BCUT2D eigenvalue weighted by molar-refractivity contribution is 5.83. The van der Waals surface area contributed by atoms with Gasteiger partial charge in [0.2, 0.25) is 0 Å². The van der Waals surface area contributed by atoms with Crippen LogP contribution in [0.2, 0.25) is 0 Å². The average Bonchev–Trinajstić information content (AvgIpc) is 3.34. The number of benzene rings is 1. The maximum atomic E-state index is 10.4. The zero-order valence-corrected chi connectivity index (χ0v) is 17.1. The molecular weight excluding hydrogens is 406 g/mol. The lowest BCUT2D eigenvalue weighted by atomic mass is 10.1. The van der Waals surface area contributed by atoms with E-state index in [0.717, 1.165) is 5.75 Å². The van der Waals surface area contributed by atoms with Crippen LogP contribution in [0.5, 0.6) is 11.8 Å². The van der Waals surface area contributed by atoms with Gasteiger partial charge in [-0.1, -0.05) is 18.2 Å². The van der Waals surface area contributed by atoms with Crippen molar-refractivity contribution in [2.45, 2.75) is 37.5 Å². The SMILES string of the molecule is COc1nc(NC(C)COc2ccccc2)c2ncn([C@@H]3O[C@H](CO)C(O)C3O)c2n1. The van der Waals surface area contributed by atoms with Crippen molar-refractivity contribution in [3.8, 4) is 11.8 Å². The van der Waals surface area contributed by atoms with E-state index in [9.17, 15) is 15.3 Å². The Labute approximate surface area is 178 Å². The maximum Gasteiger partial charge on any atom is 0.320 e. The summed E-state index contributed by atoms with van der Waals surface area (Å²) in [7, 11) is 1.44. The van der Waals surface area contributed by atoms with E-state index in [1.807, 2.05) is 37.3 Å². The van der Waals surface area contributed by atoms with Crippen molar-refractivity contribution in [2.24, 2.45) is 0 Å². The van der Waals surface area contributed by atoms with Crippen LogP contribution in [0.25, 0.3) is 11.2 Å². The van der Waals surface area contributed by atoms with Gasteiger partial charge in [-0.25, -0.2) is 4.98 Å². The molecule has 3 unspecified atom stereocenters. The molecule has 0 amide bonds. The minimum Gasteiger partial charge on any atom is -0.491 e. The van der Waals surface area contributed by atoms with Gasteiger partial charge >= 0.3 is 6.01 Å². The number of aliphatic hydroxyl groups is 3. The lowest BCUT2D eigenvalue weighted by Gasteiger charge is -2.18. The molecule has 1 saturated heterocycles. The van der Waals surface area contributed by atoms with Crippen LogP contribution in [-0.2, 0) is 4.74 Å². The summed E-state index contributed by atoms with van der Waals surface area (Å²) in [6, 6.07) is 9.44. The molecule has 1 aromatic carbocycles. The van der Waals surface area contributed by atoms with Crippen LogP contribution in [0, 0.1) is 0 Å². The van der Waals surface area contributed by atoms with E-state index in [4.69, 9.17) is 14.2 Å². The zero-order valence-electron chi connectivity index (χ0n) is 17.1. The third kappa shape index (κ3) is 4.26. The number of imidazole rings is 1. The predicted molar refractivity (Wildman–Crippen MR) is 110 cm³/mol. The fourth-order valence-electron chi connectivity index (χ4n) is 3.40. The number of ether oxygens (including phenoxy) is 3. The molecule has 0 radical (unpaired) electrons. The molecule has 1 fully saturated rings. The van der Waals surface area contributed by atoms with Gasteiger partial charge in [0.05, 0.1) is 26.1 Å². The Balaban J connectivity index is 1.58. The molecule has 166 valence electrons. The van der Waals surface area contributed by atoms with Gasteiger partial charge < -0.3 is 34.8 Å². The number of para-hydroxylation sites is 1. The summed E-state index contributed by atoms with van der Waals surface area (Å²) in [4.78, 5) is 13.0. The molecule has 0 saturated carbocycles. The van der Waals surface area contributed by atoms with Gasteiger partial charge in [0, 0.05) is 0 Å². The first-order chi connectivity index (χ1) is 15.0. The number of nitrogens with zero attached hydrogens (tertiary/aromatic N) is 4. The Morgan fingerprint density at radius 1 is 1.19 bits per heavy atom. The summed E-state index contributed by atoms with van der Waals surface area (Å²) in [6.45, 7) is 1.89. The number of aliphatic hydroxyl groups excluding tert-OH is 3. The Bertz CT molecular complexity index is 1020. The first-order valence-corrected chi connectivity index (χ1v) is 9.87. The molecule has 0 aliphatic carbocycles. The summed E-state index contributed by atoms with van der Waals surface area (Å²) < 4.78 is 18.1. The number of fused-ring (bicyclic) bond motifs is 1. The third-order valence-electron chi connectivity index (χ3n) is 5.00. The van der Waals surface area contributed by atoms with Gasteiger partial charge in [-0.2, -0.15) is 9.97 Å². The summed E-state index contributed by atoms with van der Waals surface area (Å²) in [5, 5.41) is 33.0. The highest BCUT2D eigenvalue weighted by Crippen LogP contribution is 2.33. The molecule has 4 rings (SSSR count). The van der Waals surface area contributed by atoms with Crippen molar-refractivity contribution in [3.05, 3.63) is 36.7 Å². The van der Waals surface area contributed by atoms with Gasteiger partial charge in [-0.3, -0.25) is 4.57 Å². The molecule has 0 bridgehead atoms. The monoisotopic (exact) mass is 431 g/mol. The highest BCUT2D eigenvalue weighted by atomic mass is 16.6. The molecule has 11 nitrogen and oxygen atoms in total. The van der Waals surface area contributed by atoms with Crippen molar-refractivity contribution in [1.82, 2.24) is 19.5 Å². The number of methoxy groups -OCH3 is 1. The molecule has 11 heteroatoms. The van der Waals surface area contributed by atoms with E-state index in [-0.39, 0.29) is 12.1 Å². The van der Waals surface area contributed by atoms with Crippen LogP contribution < -0.4 is 14.8 Å². The number of hydrogen-bond donors (Lipinski definition) is 4. The maximum absolute atomic E-state index is 10.4. The molecule has 3 aromatic rings. The topological polar surface area (TPSA) is 144 Å². The van der Waals surface area contributed by atoms with Gasteiger partial charge in [-0.05, 0) is 19.1 Å². The predicted octanol–water partition coefficient (Wildman–Crippen LogP) is 0.326. The van der Waals surface area contributed by atoms with Gasteiger partial charge in [-0.15, -0.1) is 0 Å². The van der Waals surface area contributed by atoms with Crippen LogP contribution in [-0.4, -0.2) is 79.5 Å². The quantitative estimate of drug-likeness (QED) is 0.394. The fraction of sp³-hybridized carbons (Fsp3) is 0.450. The van der Waals surface area contributed by atoms with Crippen LogP contribution >= 0.6 is 0 Å². The molecule has 31 heavy (non-hydrogen) atoms. The average molecular weight is 431 g/mol. The van der Waals surface area contributed by atoms with Crippen LogP contribution in [0.1, 0.15) is 13.2 Å². The second kappa shape index (κ2) is 9.02. The van der Waals surface area contributed by atoms with Crippen molar-refractivity contribution in [2.75, 3.05) is 25.6 Å². The molecular formula is C20H25N5O6. The second-order valence-electron chi connectivity index (χ2n) is 7.28. The van der Waals surface area contributed by atoms with E-state index in [1.54, 1.807) is 0 Å². The lowest BCUT2D eigenvalue weighted by Crippen LogP contribution is -2.33. The van der Waals surface area contributed by atoms with Crippen LogP contribution in [0.3, 0.4) is 0 Å². The first kappa shape index (κ1) is 21.2. The van der Waals surface area contributed by atoms with E-state index in [1.165, 1.54) is 18.0 Å². The third-order valence-corrected chi connectivity index (χ3v) is 5.00. The Hall–Kier alpha value is -2.99. The zero-order chi connectivity index (χ0) is 22.0. The van der Waals surface area contributed by atoms with E-state index in [0.29, 0.717) is 23.6 Å². The summed E-state index contributed by atoms with van der Waals surface area (Å²) in [5.41, 5.74) is 0.783. The Morgan fingerprint density at radius 3 is 2.65 bits per heavy atom. The number of rotatable bonds is 8. The number of hydrogen-bond acceptors (Lipinski definition) is 10. The number of anilines is 1. The minimum atomic E-state index is -1.26. The molecule has 1 aliphatic heterocycles. The van der Waals surface area contributed by atoms with Gasteiger partial charge in [0.1, 0.15) is 30.7 Å². The van der Waals surface area contributed by atoms with Crippen molar-refractivity contribution < 1.29 is 29.5 Å². The molecule has 2 aromatic heterocycles. The molecule has 5 atom stereocenters. The molecule has 1 aliphatic rings. The summed E-state index contributed by atoms with van der Waals surface area (Å²) in [5.74, 6) is 1.19. The van der Waals surface area contributed by atoms with Crippen LogP contribution in [0.15, 0.2) is 36.7 Å². The van der Waals surface area contributed by atoms with E-state index in [2.05, 4.69) is 20.3 Å². The first-order valence-electron chi connectivity index (χ1n) is 9.87. The lowest BCUT2D eigenvalue weighted by molar-refractivity contribution is -0.0511. The normalized spacial score (nSPS) is 24.3. The fourth-order valence-corrected chi connectivity index (χ4v) is 3.40.